The minimum atomic E-state index is -0.451. The van der Waals surface area contributed by atoms with Crippen molar-refractivity contribution >= 4 is 0 Å². The maximum atomic E-state index is 10.6. The van der Waals surface area contributed by atoms with Crippen LogP contribution in [0.2, 0.25) is 0 Å². The van der Waals surface area contributed by atoms with Crippen molar-refractivity contribution in [2.75, 3.05) is 26.2 Å². The van der Waals surface area contributed by atoms with Gasteiger partial charge >= 0.3 is 0 Å². The monoisotopic (exact) mass is 278 g/mol. The molecule has 3 nitrogen and oxygen atoms in total. The third-order valence-corrected chi connectivity index (χ3v) is 3.90. The van der Waals surface area contributed by atoms with E-state index >= 15 is 0 Å². The van der Waals surface area contributed by atoms with Crippen molar-refractivity contribution < 1.29 is 5.11 Å². The number of hydrogen-bond donors (Lipinski definition) is 2. The quantitative estimate of drug-likeness (QED) is 0.729. The molecule has 0 bridgehead atoms. The Kier molecular flexibility index (Phi) is 7.82. The van der Waals surface area contributed by atoms with Crippen molar-refractivity contribution in [3.8, 4) is 0 Å². The second-order valence-electron chi connectivity index (χ2n) is 5.61. The van der Waals surface area contributed by atoms with E-state index in [1.165, 1.54) is 0 Å². The highest BCUT2D eigenvalue weighted by Crippen LogP contribution is 2.21. The first-order valence-electron chi connectivity index (χ1n) is 7.78. The van der Waals surface area contributed by atoms with Crippen LogP contribution in [0.5, 0.6) is 0 Å². The summed E-state index contributed by atoms with van der Waals surface area (Å²) in [7, 11) is 0. The zero-order valence-corrected chi connectivity index (χ0v) is 13.3. The molecule has 1 rings (SSSR count). The van der Waals surface area contributed by atoms with E-state index in [4.69, 9.17) is 0 Å². The number of nitrogens with one attached hydrogen (secondary N) is 1. The summed E-state index contributed by atoms with van der Waals surface area (Å²) < 4.78 is 0. The molecular weight excluding hydrogens is 248 g/mol. The molecule has 0 saturated heterocycles. The Morgan fingerprint density at radius 1 is 1.10 bits per heavy atom. The molecule has 2 atom stereocenters. The summed E-state index contributed by atoms with van der Waals surface area (Å²) in [6.07, 6.45) is -0.451. The van der Waals surface area contributed by atoms with Crippen LogP contribution in [-0.4, -0.2) is 42.2 Å². The van der Waals surface area contributed by atoms with Gasteiger partial charge in [-0.3, -0.25) is 0 Å². The van der Waals surface area contributed by atoms with Gasteiger partial charge in [0.1, 0.15) is 0 Å². The molecule has 1 aromatic carbocycles. The van der Waals surface area contributed by atoms with E-state index in [1.807, 2.05) is 30.3 Å². The molecule has 0 aromatic heterocycles. The fraction of sp³-hybridized carbons (Fsp3) is 0.647. The Morgan fingerprint density at radius 2 is 1.70 bits per heavy atom. The molecule has 0 fully saturated rings. The summed E-state index contributed by atoms with van der Waals surface area (Å²) in [6, 6.07) is 10.0. The van der Waals surface area contributed by atoms with E-state index in [2.05, 4.69) is 37.9 Å². The zero-order chi connectivity index (χ0) is 15.0. The summed E-state index contributed by atoms with van der Waals surface area (Å²) in [5.74, 6) is 0.391. The first kappa shape index (κ1) is 17.2. The van der Waals surface area contributed by atoms with Crippen LogP contribution in [0.1, 0.15) is 39.4 Å². The highest BCUT2D eigenvalue weighted by atomic mass is 16.3. The van der Waals surface area contributed by atoms with Gasteiger partial charge in [0, 0.05) is 19.1 Å². The summed E-state index contributed by atoms with van der Waals surface area (Å²) in [5.41, 5.74) is 0.988. The molecule has 3 heteroatoms. The van der Waals surface area contributed by atoms with Crippen LogP contribution < -0.4 is 5.32 Å². The summed E-state index contributed by atoms with van der Waals surface area (Å²) in [4.78, 5) is 2.39. The number of likely N-dealkylation sites (N-methyl/N-ethyl adjacent to an activating group) is 1. The minimum absolute atomic E-state index is 0.0907. The molecule has 0 aliphatic heterocycles. The van der Waals surface area contributed by atoms with Gasteiger partial charge in [0.2, 0.25) is 0 Å². The molecule has 20 heavy (non-hydrogen) atoms. The van der Waals surface area contributed by atoms with E-state index in [1.54, 1.807) is 0 Å². The molecule has 0 aliphatic carbocycles. The van der Waals surface area contributed by atoms with Gasteiger partial charge in [-0.2, -0.15) is 0 Å². The largest absolute Gasteiger partial charge is 0.387 e. The number of hydrogen-bond acceptors (Lipinski definition) is 3. The Bertz CT molecular complexity index is 349. The molecule has 0 aliphatic rings. The van der Waals surface area contributed by atoms with Gasteiger partial charge in [0.25, 0.3) is 0 Å². The van der Waals surface area contributed by atoms with Crippen LogP contribution in [0.3, 0.4) is 0 Å². The van der Waals surface area contributed by atoms with Crippen molar-refractivity contribution in [3.05, 3.63) is 35.9 Å². The minimum Gasteiger partial charge on any atom is -0.387 e. The molecule has 0 heterocycles. The van der Waals surface area contributed by atoms with Crippen LogP contribution in [0.4, 0.5) is 0 Å². The smallest absolute Gasteiger partial charge is 0.0945 e. The molecule has 0 radical (unpaired) electrons. The van der Waals surface area contributed by atoms with Gasteiger partial charge in [0.05, 0.1) is 6.10 Å². The average molecular weight is 278 g/mol. The Hall–Kier alpha value is -0.900. The molecule has 114 valence electrons. The number of aliphatic hydroxyl groups excluding tert-OH is 1. The molecule has 0 spiro atoms. The third kappa shape index (κ3) is 5.23. The highest BCUT2D eigenvalue weighted by molar-refractivity contribution is 5.19. The van der Waals surface area contributed by atoms with Crippen molar-refractivity contribution in [1.82, 2.24) is 10.2 Å². The summed E-state index contributed by atoms with van der Waals surface area (Å²) in [6.45, 7) is 12.8. The van der Waals surface area contributed by atoms with E-state index < -0.39 is 6.10 Å². The Balaban J connectivity index is 2.56. The predicted molar refractivity (Wildman–Crippen MR) is 85.8 cm³/mol. The standard InChI is InChI=1S/C17H30N2O/c1-5-19(6-2)13-12-18-16(14(3)4)17(20)15-10-8-7-9-11-15/h7-11,14,16-18,20H,5-6,12-13H2,1-4H3. The summed E-state index contributed by atoms with van der Waals surface area (Å²) >= 11 is 0. The second kappa shape index (κ2) is 9.11. The average Bonchev–Trinajstić information content (AvgIpc) is 2.47. The van der Waals surface area contributed by atoms with Crippen molar-refractivity contribution in [2.45, 2.75) is 39.8 Å². The van der Waals surface area contributed by atoms with Gasteiger partial charge in [-0.1, -0.05) is 58.0 Å². The fourth-order valence-corrected chi connectivity index (χ4v) is 2.50. The number of benzene rings is 1. The summed E-state index contributed by atoms with van der Waals surface area (Å²) in [5, 5.41) is 14.1. The maximum absolute atomic E-state index is 10.6. The lowest BCUT2D eigenvalue weighted by Crippen LogP contribution is -2.43. The molecule has 0 saturated carbocycles. The van der Waals surface area contributed by atoms with Gasteiger partial charge < -0.3 is 15.3 Å². The molecule has 0 amide bonds. The predicted octanol–water partition coefficient (Wildman–Crippen LogP) is 2.68. The van der Waals surface area contributed by atoms with Gasteiger partial charge in [-0.05, 0) is 24.6 Å². The molecule has 1 aromatic rings. The number of rotatable bonds is 9. The Labute approximate surface area is 124 Å². The van der Waals surface area contributed by atoms with E-state index in [9.17, 15) is 5.11 Å². The fourth-order valence-electron chi connectivity index (χ4n) is 2.50. The van der Waals surface area contributed by atoms with E-state index in [-0.39, 0.29) is 6.04 Å². The zero-order valence-electron chi connectivity index (χ0n) is 13.3. The van der Waals surface area contributed by atoms with E-state index in [0.717, 1.165) is 31.7 Å². The molecule has 2 unspecified atom stereocenters. The topological polar surface area (TPSA) is 35.5 Å². The number of aliphatic hydroxyl groups is 1. The van der Waals surface area contributed by atoms with E-state index in [0.29, 0.717) is 5.92 Å². The van der Waals surface area contributed by atoms with Gasteiger partial charge in [0.15, 0.2) is 0 Å². The van der Waals surface area contributed by atoms with Crippen LogP contribution >= 0.6 is 0 Å². The van der Waals surface area contributed by atoms with Gasteiger partial charge in [-0.15, -0.1) is 0 Å². The molecule has 2 N–H and O–H groups in total. The van der Waals surface area contributed by atoms with Crippen LogP contribution in [0.25, 0.3) is 0 Å². The van der Waals surface area contributed by atoms with Crippen molar-refractivity contribution in [1.29, 1.82) is 0 Å². The highest BCUT2D eigenvalue weighted by Gasteiger charge is 2.23. The SMILES string of the molecule is CCN(CC)CCNC(C(C)C)C(O)c1ccccc1. The van der Waals surface area contributed by atoms with Crippen LogP contribution in [-0.2, 0) is 0 Å². The maximum Gasteiger partial charge on any atom is 0.0945 e. The lowest BCUT2D eigenvalue weighted by Gasteiger charge is -2.29. The lowest BCUT2D eigenvalue weighted by molar-refractivity contribution is 0.103. The normalized spacial score (nSPS) is 14.8. The van der Waals surface area contributed by atoms with Crippen molar-refractivity contribution in [2.24, 2.45) is 5.92 Å². The first-order chi connectivity index (χ1) is 9.60. The second-order valence-corrected chi connectivity index (χ2v) is 5.61. The Morgan fingerprint density at radius 3 is 2.20 bits per heavy atom. The van der Waals surface area contributed by atoms with Gasteiger partial charge in [-0.25, -0.2) is 0 Å². The first-order valence-corrected chi connectivity index (χ1v) is 7.78. The third-order valence-electron chi connectivity index (χ3n) is 3.90. The van der Waals surface area contributed by atoms with Crippen LogP contribution in [0, 0.1) is 5.92 Å². The van der Waals surface area contributed by atoms with Crippen molar-refractivity contribution in [3.63, 3.8) is 0 Å². The van der Waals surface area contributed by atoms with Crippen LogP contribution in [0.15, 0.2) is 30.3 Å². The molecular formula is C17H30N2O. The number of nitrogens with zero attached hydrogens (tertiary/aromatic N) is 1. The lowest BCUT2D eigenvalue weighted by atomic mass is 9.93.